The van der Waals surface area contributed by atoms with Crippen LogP contribution in [-0.4, -0.2) is 58.6 Å². The predicted molar refractivity (Wildman–Crippen MR) is 70.3 cm³/mol. The number of hydrogen-bond donors (Lipinski definition) is 3. The van der Waals surface area contributed by atoms with E-state index in [1.54, 1.807) is 4.90 Å². The van der Waals surface area contributed by atoms with E-state index in [4.69, 9.17) is 15.6 Å². The first kappa shape index (κ1) is 16.3. The molecule has 2 unspecified atom stereocenters. The molecule has 1 fully saturated rings. The molecule has 1 amide bonds. The van der Waals surface area contributed by atoms with Crippen molar-refractivity contribution in [3.05, 3.63) is 0 Å². The quantitative estimate of drug-likeness (QED) is 0.521. The Hall–Kier alpha value is -0.740. The predicted octanol–water partition coefficient (Wildman–Crippen LogP) is -2.01. The molecule has 0 aromatic rings. The molecule has 0 aliphatic carbocycles. The van der Waals surface area contributed by atoms with Gasteiger partial charge in [-0.3, -0.25) is 4.79 Å². The highest BCUT2D eigenvalue weighted by atomic mass is 32.2. The standard InChI is InChI=1S/C10H22N4O4S/c1-18-7-9(11)10(15)14-4-2-3-8(6-14)5-13-19(12,16)17/h8-9,13H,2-7,11H2,1H3,(H2,12,16,17). The highest BCUT2D eigenvalue weighted by Gasteiger charge is 2.27. The van der Waals surface area contributed by atoms with Gasteiger partial charge in [0.15, 0.2) is 0 Å². The van der Waals surface area contributed by atoms with Gasteiger partial charge in [-0.25, -0.2) is 9.86 Å². The topological polar surface area (TPSA) is 128 Å². The van der Waals surface area contributed by atoms with Crippen LogP contribution in [-0.2, 0) is 19.7 Å². The third kappa shape index (κ3) is 5.83. The number of amides is 1. The van der Waals surface area contributed by atoms with Gasteiger partial charge in [0.25, 0.3) is 10.2 Å². The summed E-state index contributed by atoms with van der Waals surface area (Å²) in [6.07, 6.45) is 1.67. The van der Waals surface area contributed by atoms with Crippen LogP contribution in [0, 0.1) is 5.92 Å². The minimum Gasteiger partial charge on any atom is -0.383 e. The van der Waals surface area contributed by atoms with E-state index in [9.17, 15) is 13.2 Å². The van der Waals surface area contributed by atoms with E-state index in [0.29, 0.717) is 13.1 Å². The van der Waals surface area contributed by atoms with Gasteiger partial charge in [-0.15, -0.1) is 0 Å². The zero-order chi connectivity index (χ0) is 14.5. The number of methoxy groups -OCH3 is 1. The first-order valence-corrected chi connectivity index (χ1v) is 7.69. The number of rotatable bonds is 6. The number of nitrogens with one attached hydrogen (secondary N) is 1. The summed E-state index contributed by atoms with van der Waals surface area (Å²) < 4.78 is 28.8. The van der Waals surface area contributed by atoms with Gasteiger partial charge in [0.1, 0.15) is 6.04 Å². The van der Waals surface area contributed by atoms with Crippen molar-refractivity contribution in [3.8, 4) is 0 Å². The second-order valence-corrected chi connectivity index (χ2v) is 6.13. The smallest absolute Gasteiger partial charge is 0.274 e. The molecule has 0 saturated carbocycles. The molecule has 5 N–H and O–H groups in total. The van der Waals surface area contributed by atoms with Gasteiger partial charge in [0, 0.05) is 26.7 Å². The maximum Gasteiger partial charge on any atom is 0.274 e. The van der Waals surface area contributed by atoms with Crippen LogP contribution in [0.3, 0.4) is 0 Å². The number of piperidine rings is 1. The normalized spacial score (nSPS) is 22.3. The molecule has 0 bridgehead atoms. The van der Waals surface area contributed by atoms with Crippen molar-refractivity contribution in [1.29, 1.82) is 0 Å². The number of carbonyl (C=O) groups excluding carboxylic acids is 1. The molecule has 0 radical (unpaired) electrons. The van der Waals surface area contributed by atoms with Crippen LogP contribution >= 0.6 is 0 Å². The maximum atomic E-state index is 12.0. The Bertz CT molecular complexity index is 400. The van der Waals surface area contributed by atoms with Crippen LogP contribution in [0.1, 0.15) is 12.8 Å². The second-order valence-electron chi connectivity index (χ2n) is 4.75. The summed E-state index contributed by atoms with van der Waals surface area (Å²) in [6.45, 7) is 1.54. The average molecular weight is 294 g/mol. The van der Waals surface area contributed by atoms with Crippen molar-refractivity contribution >= 4 is 16.1 Å². The first-order chi connectivity index (χ1) is 8.83. The molecule has 1 rings (SSSR count). The fraction of sp³-hybridized carbons (Fsp3) is 0.900. The monoisotopic (exact) mass is 294 g/mol. The summed E-state index contributed by atoms with van der Waals surface area (Å²) in [6, 6.07) is -0.671. The first-order valence-electron chi connectivity index (χ1n) is 6.14. The molecule has 0 aromatic heterocycles. The zero-order valence-electron chi connectivity index (χ0n) is 11.0. The lowest BCUT2D eigenvalue weighted by Crippen LogP contribution is -2.51. The molecule has 0 spiro atoms. The van der Waals surface area contributed by atoms with Crippen LogP contribution < -0.4 is 15.6 Å². The highest BCUT2D eigenvalue weighted by molar-refractivity contribution is 7.87. The molecule has 112 valence electrons. The fourth-order valence-electron chi connectivity index (χ4n) is 2.15. The van der Waals surface area contributed by atoms with E-state index in [0.717, 1.165) is 12.8 Å². The van der Waals surface area contributed by atoms with Crippen molar-refractivity contribution in [2.24, 2.45) is 16.8 Å². The van der Waals surface area contributed by atoms with Crippen LogP contribution in [0.15, 0.2) is 0 Å². The molecule has 9 heteroatoms. The average Bonchev–Trinajstić information content (AvgIpc) is 2.35. The molecule has 19 heavy (non-hydrogen) atoms. The van der Waals surface area contributed by atoms with E-state index >= 15 is 0 Å². The van der Waals surface area contributed by atoms with E-state index in [1.807, 2.05) is 0 Å². The van der Waals surface area contributed by atoms with Gasteiger partial charge in [-0.05, 0) is 18.8 Å². The Morgan fingerprint density at radius 3 is 2.84 bits per heavy atom. The van der Waals surface area contributed by atoms with Crippen molar-refractivity contribution < 1.29 is 17.9 Å². The summed E-state index contributed by atoms with van der Waals surface area (Å²) in [5.74, 6) is -0.104. The summed E-state index contributed by atoms with van der Waals surface area (Å²) in [5.41, 5.74) is 5.70. The molecule has 2 atom stereocenters. The summed E-state index contributed by atoms with van der Waals surface area (Å²) in [5, 5.41) is 4.88. The Labute approximate surface area is 113 Å². The lowest BCUT2D eigenvalue weighted by atomic mass is 9.98. The summed E-state index contributed by atoms with van der Waals surface area (Å²) >= 11 is 0. The Morgan fingerprint density at radius 1 is 1.58 bits per heavy atom. The van der Waals surface area contributed by atoms with Crippen LogP contribution in [0.2, 0.25) is 0 Å². The van der Waals surface area contributed by atoms with E-state index < -0.39 is 16.3 Å². The summed E-state index contributed by atoms with van der Waals surface area (Å²) in [7, 11) is -2.20. The van der Waals surface area contributed by atoms with Crippen LogP contribution in [0.5, 0.6) is 0 Å². The lowest BCUT2D eigenvalue weighted by molar-refractivity contribution is -0.135. The van der Waals surface area contributed by atoms with E-state index in [2.05, 4.69) is 4.72 Å². The molecule has 1 saturated heterocycles. The van der Waals surface area contributed by atoms with Gasteiger partial charge in [-0.2, -0.15) is 8.42 Å². The lowest BCUT2D eigenvalue weighted by Gasteiger charge is -2.34. The summed E-state index contributed by atoms with van der Waals surface area (Å²) in [4.78, 5) is 13.6. The zero-order valence-corrected chi connectivity index (χ0v) is 11.9. The third-order valence-electron chi connectivity index (χ3n) is 3.07. The van der Waals surface area contributed by atoms with Gasteiger partial charge in [0.2, 0.25) is 5.91 Å². The van der Waals surface area contributed by atoms with Crippen LogP contribution in [0.4, 0.5) is 0 Å². The number of hydrogen-bond acceptors (Lipinski definition) is 5. The Balaban J connectivity index is 2.47. The number of nitrogens with zero attached hydrogens (tertiary/aromatic N) is 1. The molecular weight excluding hydrogens is 272 g/mol. The van der Waals surface area contributed by atoms with Gasteiger partial charge in [-0.1, -0.05) is 0 Å². The second kappa shape index (κ2) is 7.15. The SMILES string of the molecule is COCC(N)C(=O)N1CCCC(CNS(N)(=O)=O)C1. The van der Waals surface area contributed by atoms with Crippen molar-refractivity contribution in [3.63, 3.8) is 0 Å². The van der Waals surface area contributed by atoms with Gasteiger partial charge < -0.3 is 15.4 Å². The molecule has 0 aromatic carbocycles. The highest BCUT2D eigenvalue weighted by Crippen LogP contribution is 2.16. The molecular formula is C10H22N4O4S. The molecule has 1 aliphatic heterocycles. The number of ether oxygens (including phenoxy) is 1. The van der Waals surface area contributed by atoms with Gasteiger partial charge >= 0.3 is 0 Å². The Morgan fingerprint density at radius 2 is 2.26 bits per heavy atom. The minimum absolute atomic E-state index is 0.0609. The van der Waals surface area contributed by atoms with Crippen molar-refractivity contribution in [2.75, 3.05) is 33.4 Å². The molecule has 1 heterocycles. The van der Waals surface area contributed by atoms with Gasteiger partial charge in [0.05, 0.1) is 6.61 Å². The number of carbonyl (C=O) groups is 1. The third-order valence-corrected chi connectivity index (χ3v) is 3.64. The van der Waals surface area contributed by atoms with Crippen LogP contribution in [0.25, 0.3) is 0 Å². The molecule has 1 aliphatic rings. The van der Waals surface area contributed by atoms with Crippen molar-refractivity contribution in [1.82, 2.24) is 9.62 Å². The Kier molecular flexibility index (Phi) is 6.14. The van der Waals surface area contributed by atoms with E-state index in [1.165, 1.54) is 7.11 Å². The van der Waals surface area contributed by atoms with Crippen molar-refractivity contribution in [2.45, 2.75) is 18.9 Å². The van der Waals surface area contributed by atoms with E-state index in [-0.39, 0.29) is 25.0 Å². The largest absolute Gasteiger partial charge is 0.383 e. The minimum atomic E-state index is -3.68. The number of nitrogens with two attached hydrogens (primary N) is 2. The number of likely N-dealkylation sites (tertiary alicyclic amines) is 1. The fourth-order valence-corrected chi connectivity index (χ4v) is 2.62. The molecule has 8 nitrogen and oxygen atoms in total. The maximum absolute atomic E-state index is 12.0.